The van der Waals surface area contributed by atoms with Gasteiger partial charge in [-0.05, 0) is 53.6 Å². The van der Waals surface area contributed by atoms with Gasteiger partial charge in [-0.3, -0.25) is 4.79 Å². The van der Waals surface area contributed by atoms with E-state index in [0.29, 0.717) is 25.2 Å². The van der Waals surface area contributed by atoms with Gasteiger partial charge in [0.05, 0.1) is 0 Å². The number of halogens is 1. The molecule has 0 unspecified atom stereocenters. The van der Waals surface area contributed by atoms with Crippen molar-refractivity contribution in [1.82, 2.24) is 0 Å². The normalized spacial score (nSPS) is 29.2. The largest absolute Gasteiger partial charge is 0.382 e. The summed E-state index contributed by atoms with van der Waals surface area (Å²) >= 11 is 4.94. The summed E-state index contributed by atoms with van der Waals surface area (Å²) < 4.78 is 1.01. The summed E-state index contributed by atoms with van der Waals surface area (Å²) in [5.41, 5.74) is -1.07. The third-order valence-corrected chi connectivity index (χ3v) is 5.27. The maximum atomic E-state index is 12.1. The molecule has 0 saturated heterocycles. The number of Topliss-reactive ketones (excluding diaryl/α,β-unsaturated/α-hetero) is 1. The van der Waals surface area contributed by atoms with Crippen LogP contribution in [0.3, 0.4) is 0 Å². The molecule has 17 heavy (non-hydrogen) atoms. The number of hydrogen-bond acceptors (Lipinski definition) is 3. The monoisotopic (exact) mass is 316 g/mol. The smallest absolute Gasteiger partial charge is 0.169 e. The Kier molecular flexibility index (Phi) is 4.06. The molecule has 1 aliphatic rings. The molecule has 0 atom stereocenters. The van der Waals surface area contributed by atoms with Gasteiger partial charge < -0.3 is 5.11 Å². The lowest BCUT2D eigenvalue weighted by molar-refractivity contribution is -0.140. The molecule has 1 saturated carbocycles. The summed E-state index contributed by atoms with van der Waals surface area (Å²) in [6, 6.07) is 1.96. The van der Waals surface area contributed by atoms with Crippen LogP contribution in [0.1, 0.15) is 37.5 Å². The van der Waals surface area contributed by atoms with Crippen LogP contribution in [0, 0.1) is 5.92 Å². The molecule has 1 aliphatic carbocycles. The fourth-order valence-corrected chi connectivity index (χ4v) is 3.74. The lowest BCUT2D eigenvalue weighted by Crippen LogP contribution is -2.42. The van der Waals surface area contributed by atoms with Gasteiger partial charge >= 0.3 is 0 Å². The fourth-order valence-electron chi connectivity index (χ4n) is 2.29. The van der Waals surface area contributed by atoms with Crippen LogP contribution in [0.4, 0.5) is 0 Å². The number of aliphatic hydroxyl groups is 1. The molecule has 1 heterocycles. The summed E-state index contributed by atoms with van der Waals surface area (Å²) in [5, 5.41) is 12.3. The lowest BCUT2D eigenvalue weighted by atomic mass is 9.76. The average Bonchev–Trinajstić information content (AvgIpc) is 2.68. The minimum absolute atomic E-state index is 0.0150. The number of carbonyl (C=O) groups excluding carboxylic acids is 1. The molecule has 1 N–H and O–H groups in total. The molecular weight excluding hydrogens is 300 g/mol. The number of thiophene rings is 1. The summed E-state index contributed by atoms with van der Waals surface area (Å²) in [6.07, 6.45) is 3.52. The predicted octanol–water partition coefficient (Wildman–Crippen LogP) is 3.56. The second kappa shape index (κ2) is 5.21. The van der Waals surface area contributed by atoms with Crippen molar-refractivity contribution in [3.8, 4) is 0 Å². The maximum absolute atomic E-state index is 12.1. The molecule has 0 aliphatic heterocycles. The van der Waals surface area contributed by atoms with Crippen LogP contribution in [0.25, 0.3) is 0 Å². The minimum Gasteiger partial charge on any atom is -0.382 e. The van der Waals surface area contributed by atoms with Crippen LogP contribution in [0.5, 0.6) is 0 Å². The summed E-state index contributed by atoms with van der Waals surface area (Å²) in [6.45, 7) is 2.18. The first-order valence-electron chi connectivity index (χ1n) is 5.98. The van der Waals surface area contributed by atoms with E-state index < -0.39 is 5.60 Å². The average molecular weight is 317 g/mol. The second-order valence-electron chi connectivity index (χ2n) is 5.05. The van der Waals surface area contributed by atoms with Crippen LogP contribution in [0.2, 0.25) is 0 Å². The Morgan fingerprint density at radius 2 is 2.24 bits per heavy atom. The first-order chi connectivity index (χ1) is 7.99. The van der Waals surface area contributed by atoms with Crippen molar-refractivity contribution in [2.24, 2.45) is 5.92 Å². The molecule has 1 aromatic heterocycles. The fraction of sp³-hybridized carbons (Fsp3) is 0.615. The van der Waals surface area contributed by atoms with E-state index in [4.69, 9.17) is 0 Å². The van der Waals surface area contributed by atoms with Crippen molar-refractivity contribution in [3.05, 3.63) is 20.8 Å². The van der Waals surface area contributed by atoms with Crippen LogP contribution >= 0.6 is 27.3 Å². The molecule has 2 rings (SSSR count). The molecule has 1 fully saturated rings. The summed E-state index contributed by atoms with van der Waals surface area (Å²) in [4.78, 5) is 13.2. The van der Waals surface area contributed by atoms with E-state index >= 15 is 0 Å². The Labute approximate surface area is 114 Å². The predicted molar refractivity (Wildman–Crippen MR) is 73.3 cm³/mol. The van der Waals surface area contributed by atoms with Crippen molar-refractivity contribution in [3.63, 3.8) is 0 Å². The van der Waals surface area contributed by atoms with Gasteiger partial charge in [-0.1, -0.05) is 6.92 Å². The number of hydrogen-bond donors (Lipinski definition) is 1. The molecular formula is C13H17BrO2S. The van der Waals surface area contributed by atoms with Gasteiger partial charge in [-0.25, -0.2) is 0 Å². The van der Waals surface area contributed by atoms with Gasteiger partial charge in [-0.2, -0.15) is 0 Å². The van der Waals surface area contributed by atoms with Crippen molar-refractivity contribution in [2.45, 2.75) is 44.6 Å². The Morgan fingerprint density at radius 1 is 1.59 bits per heavy atom. The molecule has 0 amide bonds. The summed E-state index contributed by atoms with van der Waals surface area (Å²) in [5.74, 6) is 0.623. The highest BCUT2D eigenvalue weighted by molar-refractivity contribution is 9.10. The standard InChI is InChI=1S/C13H17BrO2S/c1-9-2-4-13(16,5-3-9)12(15)7-11-6-10(14)8-17-11/h6,8-9,16H,2-5,7H2,1H3. The molecule has 0 aromatic carbocycles. The van der Waals surface area contributed by atoms with Gasteiger partial charge in [0, 0.05) is 21.2 Å². The van der Waals surface area contributed by atoms with Gasteiger partial charge in [-0.15, -0.1) is 11.3 Å². The van der Waals surface area contributed by atoms with Gasteiger partial charge in [0.2, 0.25) is 0 Å². The number of rotatable bonds is 3. The molecule has 2 nitrogen and oxygen atoms in total. The summed E-state index contributed by atoms with van der Waals surface area (Å²) in [7, 11) is 0. The zero-order chi connectivity index (χ0) is 12.5. The molecule has 0 spiro atoms. The van der Waals surface area contributed by atoms with E-state index in [1.54, 1.807) is 11.3 Å². The highest BCUT2D eigenvalue weighted by Crippen LogP contribution is 2.33. The van der Waals surface area contributed by atoms with Crippen molar-refractivity contribution in [1.29, 1.82) is 0 Å². The Balaban J connectivity index is 2.00. The SMILES string of the molecule is CC1CCC(O)(C(=O)Cc2cc(Br)cs2)CC1. The van der Waals surface area contributed by atoms with E-state index in [2.05, 4.69) is 22.9 Å². The first kappa shape index (κ1) is 13.2. The van der Waals surface area contributed by atoms with Crippen molar-refractivity contribution < 1.29 is 9.90 Å². The Morgan fingerprint density at radius 3 is 2.76 bits per heavy atom. The van der Waals surface area contributed by atoms with E-state index in [1.165, 1.54) is 0 Å². The Bertz CT molecular complexity index is 405. The molecule has 4 heteroatoms. The molecule has 0 radical (unpaired) electrons. The van der Waals surface area contributed by atoms with Gasteiger partial charge in [0.25, 0.3) is 0 Å². The van der Waals surface area contributed by atoms with Crippen LogP contribution in [0.15, 0.2) is 15.9 Å². The van der Waals surface area contributed by atoms with E-state index in [0.717, 1.165) is 22.2 Å². The van der Waals surface area contributed by atoms with Crippen molar-refractivity contribution >= 4 is 33.0 Å². The zero-order valence-corrected chi connectivity index (χ0v) is 12.3. The maximum Gasteiger partial charge on any atom is 0.169 e. The highest BCUT2D eigenvalue weighted by Gasteiger charge is 2.38. The number of carbonyl (C=O) groups is 1. The first-order valence-corrected chi connectivity index (χ1v) is 7.65. The quantitative estimate of drug-likeness (QED) is 0.925. The van der Waals surface area contributed by atoms with Gasteiger partial charge in [0.1, 0.15) is 5.60 Å². The van der Waals surface area contributed by atoms with Crippen LogP contribution in [-0.4, -0.2) is 16.5 Å². The van der Waals surface area contributed by atoms with E-state index in [-0.39, 0.29) is 5.78 Å². The van der Waals surface area contributed by atoms with Crippen LogP contribution < -0.4 is 0 Å². The highest BCUT2D eigenvalue weighted by atomic mass is 79.9. The molecule has 94 valence electrons. The Hall–Kier alpha value is -0.190. The van der Waals surface area contributed by atoms with E-state index in [9.17, 15) is 9.90 Å². The van der Waals surface area contributed by atoms with Crippen LogP contribution in [-0.2, 0) is 11.2 Å². The molecule has 0 bridgehead atoms. The zero-order valence-electron chi connectivity index (χ0n) is 9.91. The third-order valence-electron chi connectivity index (χ3n) is 3.58. The second-order valence-corrected chi connectivity index (χ2v) is 6.96. The lowest BCUT2D eigenvalue weighted by Gasteiger charge is -2.33. The minimum atomic E-state index is -1.07. The van der Waals surface area contributed by atoms with Crippen molar-refractivity contribution in [2.75, 3.05) is 0 Å². The molecule has 1 aromatic rings. The van der Waals surface area contributed by atoms with E-state index in [1.807, 2.05) is 11.4 Å². The number of ketones is 1. The van der Waals surface area contributed by atoms with Gasteiger partial charge in [0.15, 0.2) is 5.78 Å². The third kappa shape index (κ3) is 3.18. The topological polar surface area (TPSA) is 37.3 Å².